The molecule has 0 heterocycles. The highest BCUT2D eigenvalue weighted by Gasteiger charge is 2.18. The number of rotatable bonds is 23. The second-order valence-corrected chi connectivity index (χ2v) is 9.36. The van der Waals surface area contributed by atoms with Gasteiger partial charge in [0.25, 0.3) is 0 Å². The molecular formula is C26H52N2O3. The number of hydrogen-bond donors (Lipinski definition) is 2. The predicted octanol–water partition coefficient (Wildman–Crippen LogP) is 6.55. The summed E-state index contributed by atoms with van der Waals surface area (Å²) in [5.41, 5.74) is 0. The molecule has 1 atom stereocenters. The monoisotopic (exact) mass is 440 g/mol. The van der Waals surface area contributed by atoms with Crippen LogP contribution in [0.15, 0.2) is 0 Å². The first-order chi connectivity index (χ1) is 15.0. The summed E-state index contributed by atoms with van der Waals surface area (Å²) in [4.78, 5) is 24.7. The first-order valence-electron chi connectivity index (χ1n) is 13.1. The quantitative estimate of drug-likeness (QED) is 0.177. The Bertz CT molecular complexity index is 427. The van der Waals surface area contributed by atoms with E-state index in [2.05, 4.69) is 12.2 Å². The van der Waals surface area contributed by atoms with Gasteiger partial charge in [0, 0.05) is 13.0 Å². The highest BCUT2D eigenvalue weighted by Crippen LogP contribution is 2.13. The van der Waals surface area contributed by atoms with Crippen LogP contribution in [-0.2, 0) is 9.59 Å². The summed E-state index contributed by atoms with van der Waals surface area (Å²) in [6.07, 6.45) is 22.9. The molecule has 0 aromatic carbocycles. The van der Waals surface area contributed by atoms with Crippen LogP contribution in [0.25, 0.3) is 0 Å². The van der Waals surface area contributed by atoms with Crippen molar-refractivity contribution < 1.29 is 14.7 Å². The van der Waals surface area contributed by atoms with E-state index in [-0.39, 0.29) is 5.91 Å². The van der Waals surface area contributed by atoms with Crippen molar-refractivity contribution >= 4 is 11.9 Å². The van der Waals surface area contributed by atoms with Crippen molar-refractivity contribution in [2.75, 3.05) is 20.6 Å². The van der Waals surface area contributed by atoms with Gasteiger partial charge in [-0.3, -0.25) is 14.5 Å². The minimum absolute atomic E-state index is 0.136. The number of aliphatic carboxylic acids is 1. The number of likely N-dealkylation sites (N-methyl/N-ethyl adjacent to an activating group) is 1. The molecule has 0 aromatic heterocycles. The Morgan fingerprint density at radius 2 is 1.16 bits per heavy atom. The molecule has 0 aliphatic carbocycles. The van der Waals surface area contributed by atoms with Gasteiger partial charge in [-0.15, -0.1) is 0 Å². The van der Waals surface area contributed by atoms with Gasteiger partial charge in [-0.2, -0.15) is 0 Å². The van der Waals surface area contributed by atoms with Gasteiger partial charge >= 0.3 is 5.97 Å². The minimum atomic E-state index is -0.776. The van der Waals surface area contributed by atoms with Crippen molar-refractivity contribution in [3.05, 3.63) is 0 Å². The zero-order valence-electron chi connectivity index (χ0n) is 20.9. The summed E-state index contributed by atoms with van der Waals surface area (Å²) in [5, 5.41) is 12.1. The fourth-order valence-corrected chi connectivity index (χ4v) is 4.04. The van der Waals surface area contributed by atoms with E-state index in [0.29, 0.717) is 19.4 Å². The number of carboxylic acid groups (broad SMARTS) is 1. The number of hydrogen-bond acceptors (Lipinski definition) is 3. The number of nitrogens with one attached hydrogen (secondary N) is 1. The third-order valence-electron chi connectivity index (χ3n) is 6.14. The Balaban J connectivity index is 3.32. The molecule has 0 spiro atoms. The van der Waals surface area contributed by atoms with Crippen LogP contribution in [0.4, 0.5) is 0 Å². The van der Waals surface area contributed by atoms with E-state index >= 15 is 0 Å². The first kappa shape index (κ1) is 29.9. The topological polar surface area (TPSA) is 69.6 Å². The Kier molecular flexibility index (Phi) is 21.3. The van der Waals surface area contributed by atoms with Crippen LogP contribution in [0.5, 0.6) is 0 Å². The molecule has 1 amide bonds. The van der Waals surface area contributed by atoms with Crippen molar-refractivity contribution in [2.24, 2.45) is 0 Å². The van der Waals surface area contributed by atoms with Crippen LogP contribution in [-0.4, -0.2) is 48.6 Å². The van der Waals surface area contributed by atoms with E-state index in [1.54, 1.807) is 19.0 Å². The largest absolute Gasteiger partial charge is 0.480 e. The third-order valence-corrected chi connectivity index (χ3v) is 6.14. The highest BCUT2D eigenvalue weighted by atomic mass is 16.4. The van der Waals surface area contributed by atoms with Gasteiger partial charge in [-0.25, -0.2) is 0 Å². The predicted molar refractivity (Wildman–Crippen MR) is 132 cm³/mol. The summed E-state index contributed by atoms with van der Waals surface area (Å²) < 4.78 is 0. The summed E-state index contributed by atoms with van der Waals surface area (Å²) >= 11 is 0. The molecule has 0 aliphatic heterocycles. The van der Waals surface area contributed by atoms with Gasteiger partial charge in [0.15, 0.2) is 0 Å². The molecule has 0 saturated carbocycles. The second-order valence-electron chi connectivity index (χ2n) is 9.36. The van der Waals surface area contributed by atoms with Crippen LogP contribution < -0.4 is 5.32 Å². The maximum atomic E-state index is 11.9. The molecule has 5 nitrogen and oxygen atoms in total. The van der Waals surface area contributed by atoms with E-state index in [9.17, 15) is 9.59 Å². The number of amides is 1. The fourth-order valence-electron chi connectivity index (χ4n) is 4.04. The van der Waals surface area contributed by atoms with Crippen molar-refractivity contribution in [3.63, 3.8) is 0 Å². The summed E-state index contributed by atoms with van der Waals surface area (Å²) in [7, 11) is 3.58. The van der Waals surface area contributed by atoms with Crippen molar-refractivity contribution in [1.82, 2.24) is 10.2 Å². The molecule has 0 fully saturated rings. The Morgan fingerprint density at radius 1 is 0.710 bits per heavy atom. The molecule has 2 N–H and O–H groups in total. The molecule has 184 valence electrons. The Morgan fingerprint density at radius 3 is 1.58 bits per heavy atom. The van der Waals surface area contributed by atoms with E-state index in [1.807, 2.05) is 0 Å². The second kappa shape index (κ2) is 22.1. The highest BCUT2D eigenvalue weighted by molar-refractivity contribution is 5.75. The SMILES string of the molecule is CCCCCCCCCCCCCCCCCC(=O)NCCCC[C@@H](C(=O)O)N(C)C. The van der Waals surface area contributed by atoms with Gasteiger partial charge in [-0.1, -0.05) is 96.8 Å². The summed E-state index contributed by atoms with van der Waals surface area (Å²) in [6.45, 7) is 2.92. The molecular weight excluding hydrogens is 388 g/mol. The van der Waals surface area contributed by atoms with Crippen molar-refractivity contribution in [1.29, 1.82) is 0 Å². The molecule has 31 heavy (non-hydrogen) atoms. The average Bonchev–Trinajstić information content (AvgIpc) is 2.72. The van der Waals surface area contributed by atoms with Crippen LogP contribution in [0.1, 0.15) is 129 Å². The lowest BCUT2D eigenvalue weighted by atomic mass is 10.0. The van der Waals surface area contributed by atoms with Gasteiger partial charge in [0.2, 0.25) is 5.91 Å². The average molecular weight is 441 g/mol. The Hall–Kier alpha value is -1.10. The van der Waals surface area contributed by atoms with E-state index in [4.69, 9.17) is 5.11 Å². The smallest absolute Gasteiger partial charge is 0.320 e. The van der Waals surface area contributed by atoms with E-state index in [1.165, 1.54) is 83.5 Å². The maximum absolute atomic E-state index is 11.9. The lowest BCUT2D eigenvalue weighted by molar-refractivity contribution is -0.142. The molecule has 0 aromatic rings. The standard InChI is InChI=1S/C26H52N2O3/c1-4-5-6-7-8-9-10-11-12-13-14-15-16-17-18-22-25(29)27-23-20-19-21-24(26(30)31)28(2)3/h24H,4-23H2,1-3H3,(H,27,29)(H,30,31)/t24-/m0/s1. The number of carbonyl (C=O) groups excluding carboxylic acids is 1. The lowest BCUT2D eigenvalue weighted by Gasteiger charge is -2.19. The van der Waals surface area contributed by atoms with Gasteiger partial charge < -0.3 is 10.4 Å². The minimum Gasteiger partial charge on any atom is -0.480 e. The zero-order valence-corrected chi connectivity index (χ0v) is 20.9. The van der Waals surface area contributed by atoms with Gasteiger partial charge in [0.05, 0.1) is 0 Å². The number of carbonyl (C=O) groups is 2. The molecule has 0 radical (unpaired) electrons. The number of carboxylic acids is 1. The van der Waals surface area contributed by atoms with E-state index in [0.717, 1.165) is 25.7 Å². The summed E-state index contributed by atoms with van der Waals surface area (Å²) in [6, 6.07) is -0.434. The Labute approximate surface area is 192 Å². The van der Waals surface area contributed by atoms with Crippen LogP contribution >= 0.6 is 0 Å². The molecule has 0 saturated heterocycles. The maximum Gasteiger partial charge on any atom is 0.320 e. The lowest BCUT2D eigenvalue weighted by Crippen LogP contribution is -2.35. The van der Waals surface area contributed by atoms with Crippen molar-refractivity contribution in [2.45, 2.75) is 135 Å². The molecule has 0 aliphatic rings. The van der Waals surface area contributed by atoms with Gasteiger partial charge in [0.1, 0.15) is 6.04 Å². The number of unbranched alkanes of at least 4 members (excludes halogenated alkanes) is 15. The third kappa shape index (κ3) is 20.6. The molecule has 0 bridgehead atoms. The van der Waals surface area contributed by atoms with Crippen LogP contribution in [0.2, 0.25) is 0 Å². The molecule has 5 heteroatoms. The molecule has 0 rings (SSSR count). The molecule has 0 unspecified atom stereocenters. The van der Waals surface area contributed by atoms with Crippen LogP contribution in [0, 0.1) is 0 Å². The number of nitrogens with zero attached hydrogens (tertiary/aromatic N) is 1. The summed E-state index contributed by atoms with van der Waals surface area (Å²) in [5.74, 6) is -0.640. The van der Waals surface area contributed by atoms with Crippen LogP contribution in [0.3, 0.4) is 0 Å². The first-order valence-corrected chi connectivity index (χ1v) is 13.1. The fraction of sp³-hybridized carbons (Fsp3) is 0.923. The van der Waals surface area contributed by atoms with Crippen molar-refractivity contribution in [3.8, 4) is 0 Å². The normalized spacial score (nSPS) is 12.3. The zero-order chi connectivity index (χ0) is 23.2. The van der Waals surface area contributed by atoms with E-state index < -0.39 is 12.0 Å². The van der Waals surface area contributed by atoms with Gasteiger partial charge in [-0.05, 0) is 39.8 Å².